The first-order valence-electron chi connectivity index (χ1n) is 3.61. The number of thioether (sulfide) groups is 1. The molecule has 0 aliphatic heterocycles. The molecule has 0 fully saturated rings. The van der Waals surface area contributed by atoms with Crippen LogP contribution in [0.3, 0.4) is 0 Å². The second-order valence-electron chi connectivity index (χ2n) is 2.34. The summed E-state index contributed by atoms with van der Waals surface area (Å²) >= 11 is 1.61. The Morgan fingerprint density at radius 3 is 2.73 bits per heavy atom. The summed E-state index contributed by atoms with van der Waals surface area (Å²) in [5.74, 6) is -0.0534. The number of aliphatic hydroxyl groups excluding tert-OH is 1. The second kappa shape index (κ2) is 6.49. The highest BCUT2D eigenvalue weighted by Gasteiger charge is 2.04. The number of carboxylic acids is 1. The molecule has 11 heavy (non-hydrogen) atoms. The van der Waals surface area contributed by atoms with Crippen LogP contribution in [0.2, 0.25) is 0 Å². The van der Waals surface area contributed by atoms with Crippen LogP contribution in [0, 0.1) is 0 Å². The van der Waals surface area contributed by atoms with E-state index in [1.807, 2.05) is 6.92 Å². The van der Waals surface area contributed by atoms with Crippen LogP contribution in [0.25, 0.3) is 0 Å². The van der Waals surface area contributed by atoms with E-state index in [4.69, 9.17) is 10.2 Å². The summed E-state index contributed by atoms with van der Waals surface area (Å²) in [4.78, 5) is 10.1. The van der Waals surface area contributed by atoms with Gasteiger partial charge in [0.15, 0.2) is 0 Å². The molecule has 0 rings (SSSR count). The van der Waals surface area contributed by atoms with E-state index in [0.717, 1.165) is 0 Å². The zero-order chi connectivity index (χ0) is 8.69. The number of carboxylic acid groups (broad SMARTS) is 1. The van der Waals surface area contributed by atoms with Crippen molar-refractivity contribution >= 4 is 17.7 Å². The summed E-state index contributed by atoms with van der Waals surface area (Å²) in [5.41, 5.74) is 0. The summed E-state index contributed by atoms with van der Waals surface area (Å²) in [6, 6.07) is 0. The van der Waals surface area contributed by atoms with Gasteiger partial charge in [-0.1, -0.05) is 6.92 Å². The fourth-order valence-corrected chi connectivity index (χ4v) is 1.46. The van der Waals surface area contributed by atoms with Crippen LogP contribution in [-0.4, -0.2) is 33.8 Å². The molecule has 0 heterocycles. The van der Waals surface area contributed by atoms with Gasteiger partial charge in [-0.25, -0.2) is 0 Å². The minimum absolute atomic E-state index is 0.169. The van der Waals surface area contributed by atoms with Crippen molar-refractivity contribution in [2.75, 3.05) is 12.4 Å². The third-order valence-corrected chi connectivity index (χ3v) is 2.48. The van der Waals surface area contributed by atoms with Gasteiger partial charge in [0.25, 0.3) is 0 Å². The maximum atomic E-state index is 10.1. The Hall–Kier alpha value is -0.220. The molecule has 0 aromatic rings. The molecule has 1 unspecified atom stereocenters. The molecule has 0 amide bonds. The molecular weight excluding hydrogens is 164 g/mol. The highest BCUT2D eigenvalue weighted by molar-refractivity contribution is 7.99. The van der Waals surface area contributed by atoms with Crippen molar-refractivity contribution < 1.29 is 15.0 Å². The first kappa shape index (κ1) is 10.8. The van der Waals surface area contributed by atoms with Gasteiger partial charge >= 0.3 is 5.97 Å². The molecule has 0 saturated carbocycles. The summed E-state index contributed by atoms with van der Waals surface area (Å²) in [5, 5.41) is 17.1. The summed E-state index contributed by atoms with van der Waals surface area (Å²) in [6.07, 6.45) is 0.902. The van der Waals surface area contributed by atoms with Gasteiger partial charge in [0.1, 0.15) is 0 Å². The van der Waals surface area contributed by atoms with Crippen molar-refractivity contribution in [3.8, 4) is 0 Å². The minimum Gasteiger partial charge on any atom is -0.481 e. The van der Waals surface area contributed by atoms with E-state index in [9.17, 15) is 4.79 Å². The Morgan fingerprint density at radius 2 is 2.27 bits per heavy atom. The van der Waals surface area contributed by atoms with E-state index in [1.54, 1.807) is 11.8 Å². The second-order valence-corrected chi connectivity index (χ2v) is 3.88. The molecule has 3 nitrogen and oxygen atoms in total. The molecule has 4 heteroatoms. The van der Waals surface area contributed by atoms with Crippen LogP contribution in [0.1, 0.15) is 19.8 Å². The largest absolute Gasteiger partial charge is 0.481 e. The molecule has 0 aromatic heterocycles. The zero-order valence-corrected chi connectivity index (χ0v) is 7.43. The van der Waals surface area contributed by atoms with Crippen molar-refractivity contribution in [3.05, 3.63) is 0 Å². The lowest BCUT2D eigenvalue weighted by Gasteiger charge is -2.07. The first-order valence-corrected chi connectivity index (χ1v) is 4.66. The number of rotatable bonds is 6. The average Bonchev–Trinajstić information content (AvgIpc) is 1.97. The molecule has 0 aromatic carbocycles. The molecule has 0 spiro atoms. The quantitative estimate of drug-likeness (QED) is 0.636. The zero-order valence-electron chi connectivity index (χ0n) is 6.62. The van der Waals surface area contributed by atoms with Gasteiger partial charge < -0.3 is 10.2 Å². The van der Waals surface area contributed by atoms with E-state index in [2.05, 4.69) is 0 Å². The van der Waals surface area contributed by atoms with E-state index in [0.29, 0.717) is 17.4 Å². The summed E-state index contributed by atoms with van der Waals surface area (Å²) in [6.45, 7) is 2.14. The van der Waals surface area contributed by atoms with Crippen LogP contribution >= 0.6 is 11.8 Å². The highest BCUT2D eigenvalue weighted by Crippen LogP contribution is 2.14. The molecule has 0 saturated heterocycles. The average molecular weight is 178 g/mol. The maximum absolute atomic E-state index is 10.1. The Balaban J connectivity index is 3.22. The topological polar surface area (TPSA) is 57.5 Å². The van der Waals surface area contributed by atoms with Crippen LogP contribution in [0.4, 0.5) is 0 Å². The predicted molar refractivity (Wildman–Crippen MR) is 45.9 cm³/mol. The predicted octanol–water partition coefficient (Wildman–Crippen LogP) is 0.965. The van der Waals surface area contributed by atoms with Crippen LogP contribution in [0.5, 0.6) is 0 Å². The lowest BCUT2D eigenvalue weighted by atomic mass is 10.2. The van der Waals surface area contributed by atoms with Gasteiger partial charge in [0.05, 0.1) is 6.61 Å². The van der Waals surface area contributed by atoms with Crippen molar-refractivity contribution in [1.82, 2.24) is 0 Å². The number of carbonyl (C=O) groups is 1. The van der Waals surface area contributed by atoms with Crippen molar-refractivity contribution in [2.24, 2.45) is 0 Å². The van der Waals surface area contributed by atoms with E-state index in [1.165, 1.54) is 0 Å². The molecular formula is C7H14O3S. The van der Waals surface area contributed by atoms with Gasteiger partial charge in [-0.15, -0.1) is 0 Å². The third kappa shape index (κ3) is 7.68. The van der Waals surface area contributed by atoms with E-state index < -0.39 is 5.97 Å². The van der Waals surface area contributed by atoms with Crippen LogP contribution < -0.4 is 0 Å². The monoisotopic (exact) mass is 178 g/mol. The normalized spacial score (nSPS) is 12.9. The lowest BCUT2D eigenvalue weighted by molar-refractivity contribution is -0.137. The Kier molecular flexibility index (Phi) is 6.36. The van der Waals surface area contributed by atoms with Gasteiger partial charge in [0.2, 0.25) is 0 Å². The van der Waals surface area contributed by atoms with Crippen molar-refractivity contribution in [1.29, 1.82) is 0 Å². The minimum atomic E-state index is -0.749. The van der Waals surface area contributed by atoms with Crippen molar-refractivity contribution in [2.45, 2.75) is 25.0 Å². The van der Waals surface area contributed by atoms with Crippen LogP contribution in [0.15, 0.2) is 0 Å². The van der Waals surface area contributed by atoms with Crippen LogP contribution in [-0.2, 0) is 4.79 Å². The fourth-order valence-electron chi connectivity index (χ4n) is 0.664. The lowest BCUT2D eigenvalue weighted by Crippen LogP contribution is -2.03. The SMILES string of the molecule is CC(CCC(=O)O)SCCO. The van der Waals surface area contributed by atoms with Crippen molar-refractivity contribution in [3.63, 3.8) is 0 Å². The molecule has 66 valence electrons. The number of aliphatic carboxylic acids is 1. The van der Waals surface area contributed by atoms with Gasteiger partial charge in [-0.3, -0.25) is 4.79 Å². The third-order valence-electron chi connectivity index (χ3n) is 1.26. The fraction of sp³-hybridized carbons (Fsp3) is 0.857. The first-order chi connectivity index (χ1) is 5.16. The maximum Gasteiger partial charge on any atom is 0.303 e. The Bertz CT molecular complexity index is 116. The van der Waals surface area contributed by atoms with Gasteiger partial charge in [-0.05, 0) is 6.42 Å². The number of hydrogen-bond acceptors (Lipinski definition) is 3. The summed E-state index contributed by atoms with van der Waals surface area (Å²) in [7, 11) is 0. The molecule has 0 aliphatic carbocycles. The van der Waals surface area contributed by atoms with Gasteiger partial charge in [-0.2, -0.15) is 11.8 Å². The molecule has 0 bridgehead atoms. The van der Waals surface area contributed by atoms with Gasteiger partial charge in [0, 0.05) is 17.4 Å². The molecule has 0 aliphatic rings. The number of aliphatic hydroxyl groups is 1. The molecule has 2 N–H and O–H groups in total. The Morgan fingerprint density at radius 1 is 1.64 bits per heavy atom. The summed E-state index contributed by atoms with van der Waals surface area (Å²) < 4.78 is 0. The van der Waals surface area contributed by atoms with E-state index >= 15 is 0 Å². The number of hydrogen-bond donors (Lipinski definition) is 2. The molecule has 1 atom stereocenters. The Labute approximate surface area is 70.8 Å². The standard InChI is InChI=1S/C7H14O3S/c1-6(11-5-4-8)2-3-7(9)10/h6,8H,2-5H2,1H3,(H,9,10). The van der Waals surface area contributed by atoms with E-state index in [-0.39, 0.29) is 13.0 Å². The smallest absolute Gasteiger partial charge is 0.303 e. The highest BCUT2D eigenvalue weighted by atomic mass is 32.2. The molecule has 0 radical (unpaired) electrons.